The van der Waals surface area contributed by atoms with Gasteiger partial charge < -0.3 is 16.0 Å². The topological polar surface area (TPSA) is 110 Å². The first-order valence-electron chi connectivity index (χ1n) is 6.32. The van der Waals surface area contributed by atoms with Gasteiger partial charge in [-0.25, -0.2) is 15.0 Å². The van der Waals surface area contributed by atoms with Crippen LogP contribution in [-0.2, 0) is 0 Å². The normalized spacial score (nSPS) is 10.6. The average molecular weight is 324 g/mol. The number of hydrogen-bond donors (Lipinski definition) is 3. The molecule has 112 valence electrons. The van der Waals surface area contributed by atoms with Crippen molar-refractivity contribution in [2.75, 3.05) is 23.9 Å². The molecular formula is C12H16N6OS2. The van der Waals surface area contributed by atoms with Crippen LogP contribution >= 0.6 is 23.5 Å². The largest absolute Gasteiger partial charge is 0.383 e. The van der Waals surface area contributed by atoms with Crippen molar-refractivity contribution in [2.24, 2.45) is 0 Å². The summed E-state index contributed by atoms with van der Waals surface area (Å²) in [5, 5.41) is 4.99. The van der Waals surface area contributed by atoms with Crippen LogP contribution in [0.15, 0.2) is 32.3 Å². The zero-order valence-corrected chi connectivity index (χ0v) is 13.3. The lowest BCUT2D eigenvalue weighted by molar-refractivity contribution is 0.871. The van der Waals surface area contributed by atoms with E-state index in [0.29, 0.717) is 15.3 Å². The van der Waals surface area contributed by atoms with Crippen LogP contribution in [0.3, 0.4) is 0 Å². The summed E-state index contributed by atoms with van der Waals surface area (Å²) >= 11 is 2.70. The average Bonchev–Trinajstić information content (AvgIpc) is 2.43. The van der Waals surface area contributed by atoms with Crippen molar-refractivity contribution in [1.29, 1.82) is 0 Å². The van der Waals surface area contributed by atoms with E-state index < -0.39 is 0 Å². The van der Waals surface area contributed by atoms with Crippen molar-refractivity contribution in [3.63, 3.8) is 0 Å². The number of hydrogen-bond acceptors (Lipinski definition) is 8. The number of nitrogens with one attached hydrogen (secondary N) is 2. The van der Waals surface area contributed by atoms with Gasteiger partial charge in [-0.3, -0.25) is 4.79 Å². The Morgan fingerprint density at radius 3 is 2.81 bits per heavy atom. The number of thioether (sulfide) groups is 1. The van der Waals surface area contributed by atoms with E-state index in [4.69, 9.17) is 5.73 Å². The molecule has 21 heavy (non-hydrogen) atoms. The molecule has 0 aromatic carbocycles. The highest BCUT2D eigenvalue weighted by atomic mass is 32.2. The molecule has 0 aliphatic heterocycles. The SMILES string of the molecule is CCCNc1cc(Sc2nc(N)cc(=O)[nH]2)nc(SC)n1. The van der Waals surface area contributed by atoms with Crippen LogP contribution in [0, 0.1) is 0 Å². The summed E-state index contributed by atoms with van der Waals surface area (Å²) in [5.74, 6) is 0.940. The van der Waals surface area contributed by atoms with E-state index >= 15 is 0 Å². The van der Waals surface area contributed by atoms with Crippen LogP contribution in [0.1, 0.15) is 13.3 Å². The maximum atomic E-state index is 11.4. The summed E-state index contributed by atoms with van der Waals surface area (Å²) in [6.07, 6.45) is 2.92. The molecule has 4 N–H and O–H groups in total. The molecule has 0 aliphatic carbocycles. The van der Waals surface area contributed by atoms with Gasteiger partial charge in [0, 0.05) is 18.7 Å². The minimum atomic E-state index is -0.284. The molecule has 2 heterocycles. The van der Waals surface area contributed by atoms with Crippen LogP contribution in [0.25, 0.3) is 0 Å². The molecule has 9 heteroatoms. The van der Waals surface area contributed by atoms with Gasteiger partial charge in [0.05, 0.1) is 0 Å². The summed E-state index contributed by atoms with van der Waals surface area (Å²) in [4.78, 5) is 26.9. The molecule has 2 aromatic rings. The lowest BCUT2D eigenvalue weighted by Crippen LogP contribution is -2.09. The monoisotopic (exact) mass is 324 g/mol. The third-order valence-electron chi connectivity index (χ3n) is 2.36. The van der Waals surface area contributed by atoms with Crippen LogP contribution in [0.2, 0.25) is 0 Å². The van der Waals surface area contributed by atoms with Crippen LogP contribution in [0.5, 0.6) is 0 Å². The lowest BCUT2D eigenvalue weighted by Gasteiger charge is -2.07. The summed E-state index contributed by atoms with van der Waals surface area (Å²) in [6, 6.07) is 3.06. The second-order valence-electron chi connectivity index (χ2n) is 4.08. The fraction of sp³-hybridized carbons (Fsp3) is 0.333. The van der Waals surface area contributed by atoms with Gasteiger partial charge in [-0.15, -0.1) is 0 Å². The van der Waals surface area contributed by atoms with Gasteiger partial charge in [0.15, 0.2) is 10.3 Å². The smallest absolute Gasteiger partial charge is 0.253 e. The number of aromatic nitrogens is 4. The molecule has 0 spiro atoms. The summed E-state index contributed by atoms with van der Waals surface area (Å²) < 4.78 is 0. The van der Waals surface area contributed by atoms with Gasteiger partial charge in [0.2, 0.25) is 0 Å². The van der Waals surface area contributed by atoms with Crippen LogP contribution < -0.4 is 16.6 Å². The second-order valence-corrected chi connectivity index (χ2v) is 5.86. The Balaban J connectivity index is 2.27. The van der Waals surface area contributed by atoms with Gasteiger partial charge in [-0.1, -0.05) is 18.7 Å². The van der Waals surface area contributed by atoms with Crippen molar-refractivity contribution in [3.05, 3.63) is 22.5 Å². The Hall–Kier alpha value is -1.74. The molecule has 0 unspecified atom stereocenters. The van der Waals surface area contributed by atoms with Gasteiger partial charge in [0.1, 0.15) is 16.7 Å². The van der Waals surface area contributed by atoms with Crippen molar-refractivity contribution in [3.8, 4) is 0 Å². The van der Waals surface area contributed by atoms with Crippen molar-refractivity contribution >= 4 is 35.2 Å². The molecule has 2 rings (SSSR count). The Kier molecular flexibility index (Phi) is 5.45. The number of nitrogens with zero attached hydrogens (tertiary/aromatic N) is 3. The highest BCUT2D eigenvalue weighted by molar-refractivity contribution is 7.99. The van der Waals surface area contributed by atoms with Crippen molar-refractivity contribution < 1.29 is 0 Å². The number of nitrogens with two attached hydrogens (primary N) is 1. The molecule has 0 amide bonds. The van der Waals surface area contributed by atoms with Crippen molar-refractivity contribution in [2.45, 2.75) is 28.7 Å². The third-order valence-corrected chi connectivity index (χ3v) is 3.71. The number of anilines is 2. The van der Waals surface area contributed by atoms with Gasteiger partial charge >= 0.3 is 0 Å². The van der Waals surface area contributed by atoms with E-state index in [1.165, 1.54) is 29.6 Å². The quantitative estimate of drug-likeness (QED) is 0.419. The predicted molar refractivity (Wildman–Crippen MR) is 86.0 cm³/mol. The Bertz CT molecular complexity index is 675. The number of nitrogen functional groups attached to an aromatic ring is 1. The Morgan fingerprint density at radius 1 is 1.33 bits per heavy atom. The fourth-order valence-corrected chi connectivity index (χ4v) is 2.73. The molecule has 0 aliphatic rings. The second kappa shape index (κ2) is 7.32. The molecule has 0 radical (unpaired) electrons. The fourth-order valence-electron chi connectivity index (χ4n) is 1.49. The minimum absolute atomic E-state index is 0.185. The lowest BCUT2D eigenvalue weighted by atomic mass is 10.4. The highest BCUT2D eigenvalue weighted by Gasteiger charge is 2.08. The number of aromatic amines is 1. The van der Waals surface area contributed by atoms with E-state index in [1.54, 1.807) is 0 Å². The zero-order valence-electron chi connectivity index (χ0n) is 11.7. The predicted octanol–water partition coefficient (Wildman–Crippen LogP) is 1.84. The first kappa shape index (κ1) is 15.6. The number of rotatable bonds is 6. The van der Waals surface area contributed by atoms with Crippen LogP contribution in [0.4, 0.5) is 11.6 Å². The summed E-state index contributed by atoms with van der Waals surface area (Å²) in [6.45, 7) is 2.92. The molecule has 7 nitrogen and oxygen atoms in total. The molecule has 0 bridgehead atoms. The van der Waals surface area contributed by atoms with Crippen LogP contribution in [-0.4, -0.2) is 32.7 Å². The van der Waals surface area contributed by atoms with E-state index in [1.807, 2.05) is 12.3 Å². The zero-order chi connectivity index (χ0) is 15.2. The maximum absolute atomic E-state index is 11.4. The molecule has 0 atom stereocenters. The van der Waals surface area contributed by atoms with Gasteiger partial charge in [-0.05, 0) is 24.4 Å². The Morgan fingerprint density at radius 2 is 2.14 bits per heavy atom. The molecule has 0 fully saturated rings. The molecule has 0 saturated carbocycles. The minimum Gasteiger partial charge on any atom is -0.383 e. The molecule has 0 saturated heterocycles. The molecular weight excluding hydrogens is 308 g/mol. The third kappa shape index (κ3) is 4.64. The summed E-state index contributed by atoms with van der Waals surface area (Å²) in [7, 11) is 0. The number of H-pyrrole nitrogens is 1. The van der Waals surface area contributed by atoms with E-state index in [0.717, 1.165) is 18.8 Å². The highest BCUT2D eigenvalue weighted by Crippen LogP contribution is 2.26. The van der Waals surface area contributed by atoms with E-state index in [-0.39, 0.29) is 11.4 Å². The van der Waals surface area contributed by atoms with E-state index in [9.17, 15) is 4.79 Å². The Labute approximate surface area is 130 Å². The van der Waals surface area contributed by atoms with E-state index in [2.05, 4.69) is 32.2 Å². The van der Waals surface area contributed by atoms with Gasteiger partial charge in [-0.2, -0.15) is 0 Å². The van der Waals surface area contributed by atoms with Gasteiger partial charge in [0.25, 0.3) is 5.56 Å². The first-order valence-corrected chi connectivity index (χ1v) is 8.36. The standard InChI is InChI=1S/C12H16N6OS2/c1-3-4-14-8-6-10(18-11(16-8)20-2)21-12-15-7(13)5-9(19)17-12/h5-6H,3-4H2,1-2H3,(H,14,16,18)(H3,13,15,17,19). The summed E-state index contributed by atoms with van der Waals surface area (Å²) in [5.41, 5.74) is 5.29. The first-order chi connectivity index (χ1) is 10.1. The van der Waals surface area contributed by atoms with Crippen molar-refractivity contribution in [1.82, 2.24) is 19.9 Å². The maximum Gasteiger partial charge on any atom is 0.253 e. The molecule has 2 aromatic heterocycles.